The molecule has 0 aliphatic heterocycles. The standard InChI is InChI=1S/C23H26FN5O2/c1-3-20(30)17-9-16(22(24)21(10-17)31-2)8-7-15-11-25-23(26-12-15)28-18-13-27-29(14-18)19-5-4-6-19/h9-14,19H,3-8H2,1-2H3,(H,25,26,28). The van der Waals surface area contributed by atoms with E-state index in [-0.39, 0.29) is 11.5 Å². The number of ketones is 1. The first-order valence-corrected chi connectivity index (χ1v) is 10.6. The van der Waals surface area contributed by atoms with Crippen molar-refractivity contribution in [1.29, 1.82) is 0 Å². The molecule has 3 aromatic rings. The molecule has 1 aliphatic rings. The molecular formula is C23H26FN5O2. The quantitative estimate of drug-likeness (QED) is 0.504. The van der Waals surface area contributed by atoms with Gasteiger partial charge in [0.05, 0.1) is 25.0 Å². The monoisotopic (exact) mass is 423 g/mol. The van der Waals surface area contributed by atoms with E-state index in [2.05, 4.69) is 20.4 Å². The normalized spacial score (nSPS) is 13.6. The number of benzene rings is 1. The lowest BCUT2D eigenvalue weighted by atomic mass is 9.93. The maximum Gasteiger partial charge on any atom is 0.227 e. The van der Waals surface area contributed by atoms with E-state index in [0.29, 0.717) is 42.4 Å². The zero-order valence-corrected chi connectivity index (χ0v) is 17.8. The number of hydrogen-bond acceptors (Lipinski definition) is 6. The second kappa shape index (κ2) is 9.24. The molecule has 1 aliphatic carbocycles. The Kier molecular flexibility index (Phi) is 6.25. The molecule has 0 saturated heterocycles. The van der Waals surface area contributed by atoms with Gasteiger partial charge >= 0.3 is 0 Å². The van der Waals surface area contributed by atoms with Crippen molar-refractivity contribution in [1.82, 2.24) is 19.7 Å². The van der Waals surface area contributed by atoms with Gasteiger partial charge < -0.3 is 10.1 Å². The van der Waals surface area contributed by atoms with Crippen LogP contribution in [0.2, 0.25) is 0 Å². The molecule has 0 unspecified atom stereocenters. The first kappa shape index (κ1) is 21.0. The number of ether oxygens (including phenoxy) is 1. The van der Waals surface area contributed by atoms with Crippen LogP contribution in [-0.2, 0) is 12.8 Å². The van der Waals surface area contributed by atoms with Crippen LogP contribution in [0.3, 0.4) is 0 Å². The lowest BCUT2D eigenvalue weighted by Crippen LogP contribution is -2.17. The summed E-state index contributed by atoms with van der Waals surface area (Å²) in [5, 5.41) is 7.55. The molecule has 0 radical (unpaired) electrons. The van der Waals surface area contributed by atoms with Crippen LogP contribution in [0.25, 0.3) is 0 Å². The molecule has 2 aromatic heterocycles. The summed E-state index contributed by atoms with van der Waals surface area (Å²) in [5.41, 5.74) is 2.64. The van der Waals surface area contributed by atoms with E-state index in [0.717, 1.165) is 11.3 Å². The smallest absolute Gasteiger partial charge is 0.227 e. The number of aromatic nitrogens is 4. The van der Waals surface area contributed by atoms with Crippen LogP contribution < -0.4 is 10.1 Å². The molecule has 0 bridgehead atoms. The molecule has 0 atom stereocenters. The number of aryl methyl sites for hydroxylation is 2. The first-order valence-electron chi connectivity index (χ1n) is 10.6. The fourth-order valence-corrected chi connectivity index (χ4v) is 3.56. The minimum atomic E-state index is -0.433. The summed E-state index contributed by atoms with van der Waals surface area (Å²) in [6.07, 6.45) is 12.1. The summed E-state index contributed by atoms with van der Waals surface area (Å²) in [5.74, 6) is 0.101. The van der Waals surface area contributed by atoms with E-state index in [1.54, 1.807) is 31.6 Å². The third-order valence-electron chi connectivity index (χ3n) is 5.67. The van der Waals surface area contributed by atoms with E-state index >= 15 is 0 Å². The highest BCUT2D eigenvalue weighted by molar-refractivity contribution is 5.96. The Bertz CT molecular complexity index is 1060. The van der Waals surface area contributed by atoms with Crippen LogP contribution in [0, 0.1) is 5.82 Å². The number of nitrogens with one attached hydrogen (secondary N) is 1. The van der Waals surface area contributed by atoms with Crippen molar-refractivity contribution in [3.05, 3.63) is 59.4 Å². The summed E-state index contributed by atoms with van der Waals surface area (Å²) in [6, 6.07) is 3.57. The molecule has 162 valence electrons. The van der Waals surface area contributed by atoms with E-state index in [4.69, 9.17) is 4.74 Å². The summed E-state index contributed by atoms with van der Waals surface area (Å²) in [6.45, 7) is 1.78. The second-order valence-corrected chi connectivity index (χ2v) is 7.76. The molecule has 0 amide bonds. The van der Waals surface area contributed by atoms with Gasteiger partial charge in [-0.3, -0.25) is 9.48 Å². The molecule has 1 saturated carbocycles. The molecule has 4 rings (SSSR count). The highest BCUT2D eigenvalue weighted by Crippen LogP contribution is 2.31. The lowest BCUT2D eigenvalue weighted by Gasteiger charge is -2.25. The molecule has 8 heteroatoms. The number of carbonyl (C=O) groups is 1. The van der Waals surface area contributed by atoms with Gasteiger partial charge in [0.2, 0.25) is 5.95 Å². The van der Waals surface area contributed by atoms with Crippen LogP contribution in [0.1, 0.15) is 60.1 Å². The van der Waals surface area contributed by atoms with Crippen molar-refractivity contribution in [2.45, 2.75) is 51.5 Å². The lowest BCUT2D eigenvalue weighted by molar-refractivity contribution is 0.0987. The maximum atomic E-state index is 14.6. The molecule has 1 fully saturated rings. The Morgan fingerprint density at radius 2 is 2.00 bits per heavy atom. The van der Waals surface area contributed by atoms with Gasteiger partial charge in [-0.15, -0.1) is 0 Å². The minimum Gasteiger partial charge on any atom is -0.494 e. The highest BCUT2D eigenvalue weighted by Gasteiger charge is 2.20. The minimum absolute atomic E-state index is 0.0426. The topological polar surface area (TPSA) is 81.9 Å². The summed E-state index contributed by atoms with van der Waals surface area (Å²) in [7, 11) is 1.40. The van der Waals surface area contributed by atoms with Gasteiger partial charge in [0, 0.05) is 30.6 Å². The molecule has 1 N–H and O–H groups in total. The van der Waals surface area contributed by atoms with Crippen molar-refractivity contribution in [3.63, 3.8) is 0 Å². The van der Waals surface area contributed by atoms with Gasteiger partial charge in [0.25, 0.3) is 0 Å². The predicted molar refractivity (Wildman–Crippen MR) is 115 cm³/mol. The SMILES string of the molecule is CCC(=O)c1cc(CCc2cnc(Nc3cnn(C4CCC4)c3)nc2)c(F)c(OC)c1. The maximum absolute atomic E-state index is 14.6. The van der Waals surface area contributed by atoms with Crippen LogP contribution >= 0.6 is 0 Å². The van der Waals surface area contributed by atoms with E-state index in [1.165, 1.54) is 32.4 Å². The average molecular weight is 423 g/mol. The van der Waals surface area contributed by atoms with Gasteiger partial charge in [-0.1, -0.05) is 6.92 Å². The number of halogens is 1. The third kappa shape index (κ3) is 4.73. The molecule has 31 heavy (non-hydrogen) atoms. The van der Waals surface area contributed by atoms with Crippen molar-refractivity contribution >= 4 is 17.4 Å². The number of anilines is 2. The van der Waals surface area contributed by atoms with E-state index in [9.17, 15) is 9.18 Å². The summed E-state index contributed by atoms with van der Waals surface area (Å²) in [4.78, 5) is 20.8. The molecular weight excluding hydrogens is 397 g/mol. The zero-order chi connectivity index (χ0) is 21.8. The largest absolute Gasteiger partial charge is 0.494 e. The van der Waals surface area contributed by atoms with Crippen LogP contribution in [-0.4, -0.2) is 32.6 Å². The summed E-state index contributed by atoms with van der Waals surface area (Å²) >= 11 is 0. The van der Waals surface area contributed by atoms with Gasteiger partial charge in [-0.05, 0) is 55.4 Å². The van der Waals surface area contributed by atoms with Crippen molar-refractivity contribution in [3.8, 4) is 5.75 Å². The Balaban J connectivity index is 1.40. The zero-order valence-electron chi connectivity index (χ0n) is 17.8. The Morgan fingerprint density at radius 3 is 2.65 bits per heavy atom. The molecule has 2 heterocycles. The Labute approximate surface area is 180 Å². The van der Waals surface area contributed by atoms with Crippen LogP contribution in [0.4, 0.5) is 16.0 Å². The fourth-order valence-electron chi connectivity index (χ4n) is 3.56. The van der Waals surface area contributed by atoms with Gasteiger partial charge in [-0.2, -0.15) is 5.10 Å². The molecule has 1 aromatic carbocycles. The number of rotatable bonds is 9. The van der Waals surface area contributed by atoms with Crippen molar-refractivity contribution < 1.29 is 13.9 Å². The number of hydrogen-bond donors (Lipinski definition) is 1. The number of methoxy groups -OCH3 is 1. The number of carbonyl (C=O) groups excluding carboxylic acids is 1. The van der Waals surface area contributed by atoms with Crippen molar-refractivity contribution in [2.24, 2.45) is 0 Å². The average Bonchev–Trinajstić information content (AvgIpc) is 3.19. The van der Waals surface area contributed by atoms with E-state index in [1.807, 2.05) is 10.9 Å². The number of Topliss-reactive ketones (excluding diaryl/α,β-unsaturated/α-hetero) is 1. The summed E-state index contributed by atoms with van der Waals surface area (Å²) < 4.78 is 21.7. The number of nitrogens with zero attached hydrogens (tertiary/aromatic N) is 4. The highest BCUT2D eigenvalue weighted by atomic mass is 19.1. The molecule has 0 spiro atoms. The van der Waals surface area contributed by atoms with Gasteiger partial charge in [0.15, 0.2) is 17.3 Å². The predicted octanol–water partition coefficient (Wildman–Crippen LogP) is 4.67. The second-order valence-electron chi connectivity index (χ2n) is 7.76. The van der Waals surface area contributed by atoms with Crippen LogP contribution in [0.5, 0.6) is 5.75 Å². The van der Waals surface area contributed by atoms with Gasteiger partial charge in [0.1, 0.15) is 0 Å². The fraction of sp³-hybridized carbons (Fsp3) is 0.391. The van der Waals surface area contributed by atoms with Crippen LogP contribution in [0.15, 0.2) is 36.9 Å². The Morgan fingerprint density at radius 1 is 1.23 bits per heavy atom. The first-order chi connectivity index (χ1) is 15.1. The molecule has 7 nitrogen and oxygen atoms in total. The third-order valence-corrected chi connectivity index (χ3v) is 5.67. The Hall–Kier alpha value is -3.29. The van der Waals surface area contributed by atoms with E-state index < -0.39 is 5.82 Å². The van der Waals surface area contributed by atoms with Gasteiger partial charge in [-0.25, -0.2) is 14.4 Å². The van der Waals surface area contributed by atoms with Crippen molar-refractivity contribution in [2.75, 3.05) is 12.4 Å².